The normalized spacial score (nSPS) is 12.3. The Morgan fingerprint density at radius 2 is 1.86 bits per heavy atom. The summed E-state index contributed by atoms with van der Waals surface area (Å²) in [6.07, 6.45) is 1.22. The van der Waals surface area contributed by atoms with Gasteiger partial charge in [-0.2, -0.15) is 0 Å². The average molecular weight is 424 g/mol. The Morgan fingerprint density at radius 1 is 1.21 bits per heavy atom. The van der Waals surface area contributed by atoms with Crippen LogP contribution >= 0.6 is 11.6 Å². The van der Waals surface area contributed by atoms with E-state index in [1.807, 2.05) is 0 Å². The second-order valence-electron chi connectivity index (χ2n) is 6.32. The molecule has 0 radical (unpaired) electrons. The van der Waals surface area contributed by atoms with Gasteiger partial charge in [-0.25, -0.2) is 8.42 Å². The first-order valence-electron chi connectivity index (χ1n) is 8.51. The van der Waals surface area contributed by atoms with Gasteiger partial charge in [-0.15, -0.1) is 0 Å². The number of hydrogen-bond acceptors (Lipinski definition) is 4. The zero-order valence-corrected chi connectivity index (χ0v) is 17.3. The van der Waals surface area contributed by atoms with Crippen molar-refractivity contribution in [2.24, 2.45) is 5.73 Å². The Balaban J connectivity index is 2.45. The van der Waals surface area contributed by atoms with Gasteiger partial charge >= 0.3 is 0 Å². The van der Waals surface area contributed by atoms with Crippen molar-refractivity contribution in [3.05, 3.63) is 58.6 Å². The lowest BCUT2D eigenvalue weighted by atomic mass is 10.1. The van der Waals surface area contributed by atoms with E-state index in [1.54, 1.807) is 38.1 Å². The lowest BCUT2D eigenvalue weighted by Gasteiger charge is -2.30. The molecule has 0 aliphatic carbocycles. The summed E-state index contributed by atoms with van der Waals surface area (Å²) in [7, 11) is -3.80. The van der Waals surface area contributed by atoms with Crippen molar-refractivity contribution in [2.45, 2.75) is 26.3 Å². The van der Waals surface area contributed by atoms with Gasteiger partial charge in [-0.1, -0.05) is 36.7 Å². The molecule has 2 aromatic carbocycles. The third-order valence-electron chi connectivity index (χ3n) is 4.19. The van der Waals surface area contributed by atoms with Crippen LogP contribution in [-0.2, 0) is 14.8 Å². The number of nitrogens with two attached hydrogens (primary N) is 1. The highest BCUT2D eigenvalue weighted by Gasteiger charge is 2.32. The Hall–Kier alpha value is -2.58. The Labute approximate surface area is 169 Å². The summed E-state index contributed by atoms with van der Waals surface area (Å²) in [5.74, 6) is -1.28. The van der Waals surface area contributed by atoms with Crippen molar-refractivity contribution in [3.63, 3.8) is 0 Å². The van der Waals surface area contributed by atoms with Crippen LogP contribution in [0.25, 0.3) is 0 Å². The van der Waals surface area contributed by atoms with Crippen LogP contribution in [0.15, 0.2) is 42.5 Å². The summed E-state index contributed by atoms with van der Waals surface area (Å²) >= 11 is 6.15. The minimum atomic E-state index is -3.80. The predicted octanol–water partition coefficient (Wildman–Crippen LogP) is 2.93. The third-order valence-corrected chi connectivity index (χ3v) is 5.78. The van der Waals surface area contributed by atoms with Crippen molar-refractivity contribution in [2.75, 3.05) is 15.9 Å². The molecule has 0 heterocycles. The minimum Gasteiger partial charge on any atom is -0.366 e. The van der Waals surface area contributed by atoms with Crippen LogP contribution in [0.1, 0.15) is 29.3 Å². The number of sulfonamides is 1. The molecule has 1 atom stereocenters. The number of nitrogens with one attached hydrogen (secondary N) is 1. The quantitative estimate of drug-likeness (QED) is 0.713. The number of halogens is 1. The van der Waals surface area contributed by atoms with Gasteiger partial charge in [0.1, 0.15) is 6.04 Å². The highest BCUT2D eigenvalue weighted by molar-refractivity contribution is 7.92. The summed E-state index contributed by atoms with van der Waals surface area (Å²) < 4.78 is 26.0. The Bertz CT molecular complexity index is 1010. The number of aryl methyl sites for hydroxylation is 1. The van der Waals surface area contributed by atoms with Crippen LogP contribution < -0.4 is 15.4 Å². The number of anilines is 2. The van der Waals surface area contributed by atoms with Gasteiger partial charge in [0.2, 0.25) is 15.9 Å². The van der Waals surface area contributed by atoms with Crippen LogP contribution in [-0.4, -0.2) is 32.5 Å². The summed E-state index contributed by atoms with van der Waals surface area (Å²) in [5, 5.41) is 3.00. The number of benzene rings is 2. The van der Waals surface area contributed by atoms with E-state index in [2.05, 4.69) is 5.32 Å². The number of hydrogen-bond donors (Lipinski definition) is 2. The van der Waals surface area contributed by atoms with Crippen molar-refractivity contribution >= 4 is 44.8 Å². The largest absolute Gasteiger partial charge is 0.366 e. The number of carbonyl (C=O) groups is 2. The molecule has 9 heteroatoms. The summed E-state index contributed by atoms with van der Waals surface area (Å²) in [6, 6.07) is 9.99. The van der Waals surface area contributed by atoms with Gasteiger partial charge in [0.05, 0.1) is 23.2 Å². The second-order valence-corrected chi connectivity index (χ2v) is 8.58. The SMILES string of the molecule is CCC(C(=O)Nc1ccccc1C(N)=O)N(c1ccc(C)c(Cl)c1)S(C)(=O)=O. The summed E-state index contributed by atoms with van der Waals surface area (Å²) in [6.45, 7) is 3.49. The van der Waals surface area contributed by atoms with Gasteiger partial charge in [-0.3, -0.25) is 13.9 Å². The Kier molecular flexibility index (Phi) is 6.69. The zero-order chi connectivity index (χ0) is 21.1. The number of nitrogens with zero attached hydrogens (tertiary/aromatic N) is 1. The number of primary amides is 1. The smallest absolute Gasteiger partial charge is 0.250 e. The molecule has 0 fully saturated rings. The standard InChI is InChI=1S/C19H22ClN3O4S/c1-4-17(19(25)22-16-8-6-5-7-14(16)18(21)24)23(28(3,26)27)13-10-9-12(2)15(20)11-13/h5-11,17H,4H2,1-3H3,(H2,21,24)(H,22,25). The maximum atomic E-state index is 12.9. The molecule has 0 aromatic heterocycles. The van der Waals surface area contributed by atoms with Crippen molar-refractivity contribution in [1.82, 2.24) is 0 Å². The third kappa shape index (κ3) is 4.82. The van der Waals surface area contributed by atoms with Crippen LogP contribution in [0.4, 0.5) is 11.4 Å². The molecule has 0 bridgehead atoms. The first kappa shape index (κ1) is 21.7. The lowest BCUT2D eigenvalue weighted by molar-refractivity contribution is -0.117. The predicted molar refractivity (Wildman–Crippen MR) is 111 cm³/mol. The molecule has 0 spiro atoms. The molecule has 2 aromatic rings. The molecule has 28 heavy (non-hydrogen) atoms. The monoisotopic (exact) mass is 423 g/mol. The molecule has 7 nitrogen and oxygen atoms in total. The van der Waals surface area contributed by atoms with E-state index in [9.17, 15) is 18.0 Å². The molecule has 2 amide bonds. The van der Waals surface area contributed by atoms with Gasteiger partial charge in [-0.05, 0) is 43.2 Å². The number of rotatable bonds is 7. The van der Waals surface area contributed by atoms with E-state index in [1.165, 1.54) is 18.2 Å². The topological polar surface area (TPSA) is 110 Å². The van der Waals surface area contributed by atoms with Crippen molar-refractivity contribution in [3.8, 4) is 0 Å². The van der Waals surface area contributed by atoms with Crippen LogP contribution in [0.5, 0.6) is 0 Å². The lowest BCUT2D eigenvalue weighted by Crippen LogP contribution is -2.47. The average Bonchev–Trinajstić information content (AvgIpc) is 2.61. The van der Waals surface area contributed by atoms with E-state index >= 15 is 0 Å². The molecule has 0 saturated heterocycles. The fourth-order valence-electron chi connectivity index (χ4n) is 2.80. The summed E-state index contributed by atoms with van der Waals surface area (Å²) in [5.41, 5.74) is 6.75. The van der Waals surface area contributed by atoms with Gasteiger partial charge in [0.25, 0.3) is 5.91 Å². The Morgan fingerprint density at radius 3 is 2.39 bits per heavy atom. The minimum absolute atomic E-state index is 0.134. The highest BCUT2D eigenvalue weighted by atomic mass is 35.5. The van der Waals surface area contributed by atoms with Crippen LogP contribution in [0.3, 0.4) is 0 Å². The molecule has 2 rings (SSSR count). The van der Waals surface area contributed by atoms with E-state index in [-0.39, 0.29) is 23.4 Å². The molecule has 1 unspecified atom stereocenters. The second kappa shape index (κ2) is 8.62. The summed E-state index contributed by atoms with van der Waals surface area (Å²) in [4.78, 5) is 24.5. The molecular formula is C19H22ClN3O4S. The van der Waals surface area contributed by atoms with E-state index in [0.29, 0.717) is 5.02 Å². The van der Waals surface area contributed by atoms with E-state index < -0.39 is 27.9 Å². The van der Waals surface area contributed by atoms with Gasteiger partial charge < -0.3 is 11.1 Å². The maximum Gasteiger partial charge on any atom is 0.250 e. The fraction of sp³-hybridized carbons (Fsp3) is 0.263. The first-order chi connectivity index (χ1) is 13.1. The van der Waals surface area contributed by atoms with Crippen molar-refractivity contribution < 1.29 is 18.0 Å². The van der Waals surface area contributed by atoms with Crippen molar-refractivity contribution in [1.29, 1.82) is 0 Å². The highest BCUT2D eigenvalue weighted by Crippen LogP contribution is 2.28. The van der Waals surface area contributed by atoms with E-state index in [0.717, 1.165) is 16.1 Å². The molecule has 0 aliphatic rings. The number of carbonyl (C=O) groups excluding carboxylic acids is 2. The van der Waals surface area contributed by atoms with Crippen LogP contribution in [0.2, 0.25) is 5.02 Å². The molecule has 0 aliphatic heterocycles. The molecular weight excluding hydrogens is 402 g/mol. The molecule has 150 valence electrons. The number of amides is 2. The van der Waals surface area contributed by atoms with Gasteiger partial charge in [0.15, 0.2) is 0 Å². The zero-order valence-electron chi connectivity index (χ0n) is 15.8. The molecule has 0 saturated carbocycles. The van der Waals surface area contributed by atoms with Gasteiger partial charge in [0, 0.05) is 5.02 Å². The van der Waals surface area contributed by atoms with E-state index in [4.69, 9.17) is 17.3 Å². The fourth-order valence-corrected chi connectivity index (χ4v) is 4.18. The number of para-hydroxylation sites is 1. The van der Waals surface area contributed by atoms with Crippen LogP contribution in [0, 0.1) is 6.92 Å². The first-order valence-corrected chi connectivity index (χ1v) is 10.7. The molecule has 3 N–H and O–H groups in total. The maximum absolute atomic E-state index is 12.9.